The Labute approximate surface area is 245 Å². The molecule has 0 saturated heterocycles. The topological polar surface area (TPSA) is 91.3 Å². The second-order valence-corrected chi connectivity index (χ2v) is 13.1. The molecule has 2 saturated carbocycles. The monoisotopic (exact) mass is 664 g/mol. The van der Waals surface area contributed by atoms with Crippen molar-refractivity contribution in [1.29, 1.82) is 0 Å². The van der Waals surface area contributed by atoms with Crippen LogP contribution in [-0.4, -0.2) is 24.2 Å². The molecule has 0 aromatic heterocycles. The number of cyclic esters (lactones) is 1. The molecule has 39 heavy (non-hydrogen) atoms. The third-order valence-corrected chi connectivity index (χ3v) is 10.9. The number of methoxy groups -OCH3 is 1. The molecule has 5 rings (SSSR count). The summed E-state index contributed by atoms with van der Waals surface area (Å²) in [4.78, 5) is 27.0. The van der Waals surface area contributed by atoms with E-state index >= 15 is 0 Å². The third-order valence-electron chi connectivity index (χ3n) is 8.83. The van der Waals surface area contributed by atoms with E-state index < -0.39 is 17.5 Å². The van der Waals surface area contributed by atoms with Crippen molar-refractivity contribution in [2.75, 3.05) is 7.11 Å². The molecule has 1 aliphatic heterocycles. The average molecular weight is 666 g/mol. The van der Waals surface area contributed by atoms with Gasteiger partial charge in [0, 0.05) is 10.0 Å². The predicted molar refractivity (Wildman–Crippen MR) is 152 cm³/mol. The molecule has 0 spiro atoms. The standard InChI is InChI=1S/C30H34Br2O7/c1-14(2)12-20(33)18-10-11-21-22(25(18)36-5)28(34)37-13-19-23(31)15(3)24(32)27(26(19)38-21)39-29(35)30(4)16-6-7-17(30)9-8-16/h10-11,14,16-17,20,33H,6-9,12-13H2,1-5H3/t16?,17?,20-,30?/m0/s1. The van der Waals surface area contributed by atoms with Gasteiger partial charge in [-0.25, -0.2) is 4.79 Å². The van der Waals surface area contributed by atoms with Crippen LogP contribution in [0.4, 0.5) is 0 Å². The van der Waals surface area contributed by atoms with Crippen LogP contribution < -0.4 is 14.2 Å². The molecular weight excluding hydrogens is 632 g/mol. The molecule has 1 atom stereocenters. The summed E-state index contributed by atoms with van der Waals surface area (Å²) >= 11 is 7.26. The van der Waals surface area contributed by atoms with E-state index in [4.69, 9.17) is 18.9 Å². The molecule has 0 amide bonds. The van der Waals surface area contributed by atoms with E-state index in [0.717, 1.165) is 31.2 Å². The van der Waals surface area contributed by atoms with Crippen molar-refractivity contribution in [2.45, 2.75) is 72.5 Å². The number of aliphatic hydroxyl groups is 1. The Morgan fingerprint density at radius 3 is 2.36 bits per heavy atom. The quantitative estimate of drug-likeness (QED) is 0.249. The molecule has 210 valence electrons. The van der Waals surface area contributed by atoms with Gasteiger partial charge in [-0.05, 0) is 113 Å². The van der Waals surface area contributed by atoms with Gasteiger partial charge in [-0.15, -0.1) is 0 Å². The molecule has 2 aromatic carbocycles. The van der Waals surface area contributed by atoms with Crippen molar-refractivity contribution in [3.63, 3.8) is 0 Å². The Bertz CT molecular complexity index is 1320. The molecule has 2 bridgehead atoms. The van der Waals surface area contributed by atoms with E-state index in [0.29, 0.717) is 38.3 Å². The van der Waals surface area contributed by atoms with Gasteiger partial charge in [0.2, 0.25) is 0 Å². The van der Waals surface area contributed by atoms with Crippen molar-refractivity contribution in [2.24, 2.45) is 23.2 Å². The number of ether oxygens (including phenoxy) is 4. The number of fused-ring (bicyclic) bond motifs is 4. The van der Waals surface area contributed by atoms with Crippen LogP contribution in [0.3, 0.4) is 0 Å². The van der Waals surface area contributed by atoms with Gasteiger partial charge in [0.05, 0.1) is 28.7 Å². The number of benzene rings is 2. The lowest BCUT2D eigenvalue weighted by Gasteiger charge is -2.29. The maximum absolute atomic E-state index is 13.7. The summed E-state index contributed by atoms with van der Waals surface area (Å²) < 4.78 is 25.3. The SMILES string of the molecule is COc1c([C@@H](O)CC(C)C)ccc2c1C(=O)OCc1c(Br)c(C)c(Br)c(OC(=O)C3(C)C4CCC3CC4)c1O2. The molecule has 0 unspecified atom stereocenters. The molecule has 0 radical (unpaired) electrons. The van der Waals surface area contributed by atoms with Gasteiger partial charge < -0.3 is 24.1 Å². The van der Waals surface area contributed by atoms with Crippen LogP contribution in [0.15, 0.2) is 21.1 Å². The summed E-state index contributed by atoms with van der Waals surface area (Å²) in [5.74, 6) is 0.899. The highest BCUT2D eigenvalue weighted by Crippen LogP contribution is 2.59. The van der Waals surface area contributed by atoms with Crippen LogP contribution >= 0.6 is 31.9 Å². The number of hydrogen-bond donors (Lipinski definition) is 1. The zero-order chi connectivity index (χ0) is 28.2. The fourth-order valence-electron chi connectivity index (χ4n) is 6.55. The number of esters is 2. The zero-order valence-corrected chi connectivity index (χ0v) is 26.0. The summed E-state index contributed by atoms with van der Waals surface area (Å²) in [7, 11) is 1.45. The van der Waals surface area contributed by atoms with Gasteiger partial charge >= 0.3 is 11.9 Å². The van der Waals surface area contributed by atoms with Gasteiger partial charge in [0.15, 0.2) is 11.5 Å². The van der Waals surface area contributed by atoms with Gasteiger partial charge in [-0.1, -0.05) is 13.8 Å². The Hall–Kier alpha value is -2.10. The number of aliphatic hydroxyl groups excluding tert-OH is 1. The summed E-state index contributed by atoms with van der Waals surface area (Å²) in [6.45, 7) is 7.82. The minimum atomic E-state index is -0.833. The fraction of sp³-hybridized carbons (Fsp3) is 0.533. The Morgan fingerprint density at radius 1 is 1.13 bits per heavy atom. The van der Waals surface area contributed by atoms with Crippen molar-refractivity contribution in [3.8, 4) is 23.0 Å². The fourth-order valence-corrected chi connectivity index (χ4v) is 7.77. The molecule has 1 N–H and O–H groups in total. The lowest BCUT2D eigenvalue weighted by atomic mass is 9.80. The minimum Gasteiger partial charge on any atom is -0.495 e. The average Bonchev–Trinajstić information content (AvgIpc) is 3.40. The van der Waals surface area contributed by atoms with Gasteiger partial charge in [0.1, 0.15) is 23.7 Å². The molecular formula is C30H34Br2O7. The van der Waals surface area contributed by atoms with Crippen LogP contribution in [-0.2, 0) is 16.1 Å². The Morgan fingerprint density at radius 2 is 1.77 bits per heavy atom. The second-order valence-electron chi connectivity index (χ2n) is 11.5. The van der Waals surface area contributed by atoms with Crippen LogP contribution in [0.5, 0.6) is 23.0 Å². The van der Waals surface area contributed by atoms with E-state index in [9.17, 15) is 14.7 Å². The Balaban J connectivity index is 1.61. The van der Waals surface area contributed by atoms with E-state index in [2.05, 4.69) is 31.9 Å². The van der Waals surface area contributed by atoms with Gasteiger partial charge in [-0.2, -0.15) is 0 Å². The number of halogens is 2. The number of hydrogen-bond acceptors (Lipinski definition) is 7. The van der Waals surface area contributed by atoms with Crippen LogP contribution in [0.2, 0.25) is 0 Å². The summed E-state index contributed by atoms with van der Waals surface area (Å²) in [6, 6.07) is 3.32. The summed E-state index contributed by atoms with van der Waals surface area (Å²) in [5.41, 5.74) is 1.37. The number of rotatable bonds is 6. The van der Waals surface area contributed by atoms with Gasteiger partial charge in [0.25, 0.3) is 0 Å². The molecule has 1 heterocycles. The molecule has 2 fully saturated rings. The van der Waals surface area contributed by atoms with E-state index in [1.165, 1.54) is 7.11 Å². The van der Waals surface area contributed by atoms with E-state index in [-0.39, 0.29) is 47.1 Å². The third kappa shape index (κ3) is 4.68. The molecule has 7 nitrogen and oxygen atoms in total. The van der Waals surface area contributed by atoms with Crippen molar-refractivity contribution in [1.82, 2.24) is 0 Å². The lowest BCUT2D eigenvalue weighted by Crippen LogP contribution is -2.36. The highest BCUT2D eigenvalue weighted by molar-refractivity contribution is 9.11. The maximum Gasteiger partial charge on any atom is 0.346 e. The highest BCUT2D eigenvalue weighted by Gasteiger charge is 2.57. The van der Waals surface area contributed by atoms with E-state index in [1.54, 1.807) is 12.1 Å². The lowest BCUT2D eigenvalue weighted by molar-refractivity contribution is -0.147. The van der Waals surface area contributed by atoms with Crippen LogP contribution in [0.25, 0.3) is 0 Å². The zero-order valence-electron chi connectivity index (χ0n) is 22.9. The maximum atomic E-state index is 13.7. The first kappa shape index (κ1) is 28.4. The molecule has 2 aromatic rings. The normalized spacial score (nSPS) is 24.3. The summed E-state index contributed by atoms with van der Waals surface area (Å²) in [6.07, 6.45) is 3.83. The van der Waals surface area contributed by atoms with Crippen molar-refractivity contribution in [3.05, 3.63) is 43.3 Å². The van der Waals surface area contributed by atoms with Crippen LogP contribution in [0.1, 0.15) is 86.0 Å². The van der Waals surface area contributed by atoms with Crippen molar-refractivity contribution >= 4 is 43.8 Å². The highest BCUT2D eigenvalue weighted by atomic mass is 79.9. The molecule has 9 heteroatoms. The van der Waals surface area contributed by atoms with Gasteiger partial charge in [-0.3, -0.25) is 4.79 Å². The number of carbonyl (C=O) groups excluding carboxylic acids is 2. The first-order valence-corrected chi connectivity index (χ1v) is 15.0. The first-order valence-electron chi connectivity index (χ1n) is 13.5. The van der Waals surface area contributed by atoms with Crippen LogP contribution in [0, 0.1) is 30.1 Å². The van der Waals surface area contributed by atoms with Crippen molar-refractivity contribution < 1.29 is 33.6 Å². The summed E-state index contributed by atoms with van der Waals surface area (Å²) in [5, 5.41) is 10.9. The minimum absolute atomic E-state index is 0.0781. The largest absolute Gasteiger partial charge is 0.495 e. The number of carbonyl (C=O) groups is 2. The smallest absolute Gasteiger partial charge is 0.346 e. The first-order chi connectivity index (χ1) is 18.5. The Kier molecular flexibility index (Phi) is 7.81. The molecule has 2 aliphatic carbocycles. The predicted octanol–water partition coefficient (Wildman–Crippen LogP) is 7.80. The second kappa shape index (κ2) is 10.7. The van der Waals surface area contributed by atoms with E-state index in [1.807, 2.05) is 27.7 Å². The molecule has 3 aliphatic rings.